The molecule has 0 bridgehead atoms. The first-order valence-electron chi connectivity index (χ1n) is 9.68. The number of alkyl halides is 3. The molecule has 166 valence electrons. The minimum atomic E-state index is -4.57. The molecular weight excluding hydrogens is 421 g/mol. The maximum Gasteiger partial charge on any atom is 0.421 e. The Bertz CT molecular complexity index is 989. The number of hydrogen-bond acceptors (Lipinski definition) is 5. The fourth-order valence-electron chi connectivity index (χ4n) is 3.54. The van der Waals surface area contributed by atoms with Gasteiger partial charge in [-0.2, -0.15) is 17.5 Å². The van der Waals surface area contributed by atoms with Gasteiger partial charge in [0.15, 0.2) is 5.03 Å². The summed E-state index contributed by atoms with van der Waals surface area (Å²) in [5, 5.41) is -0.0145. The third kappa shape index (κ3) is 4.77. The summed E-state index contributed by atoms with van der Waals surface area (Å²) in [5.74, 6) is 0.00383. The minimum absolute atomic E-state index is 0.0145. The number of rotatable bonds is 6. The molecule has 3 heterocycles. The van der Waals surface area contributed by atoms with Crippen molar-refractivity contribution < 1.29 is 26.3 Å². The lowest BCUT2D eigenvalue weighted by atomic mass is 10.0. The van der Waals surface area contributed by atoms with Gasteiger partial charge in [0.2, 0.25) is 5.88 Å². The summed E-state index contributed by atoms with van der Waals surface area (Å²) in [6.07, 6.45) is -0.604. The first-order chi connectivity index (χ1) is 14.0. The van der Waals surface area contributed by atoms with Gasteiger partial charge in [0.25, 0.3) is 10.0 Å². The van der Waals surface area contributed by atoms with Gasteiger partial charge in [-0.05, 0) is 25.0 Å². The van der Waals surface area contributed by atoms with Crippen molar-refractivity contribution in [3.8, 4) is 5.88 Å². The maximum atomic E-state index is 13.1. The van der Waals surface area contributed by atoms with Crippen LogP contribution in [0.15, 0.2) is 29.6 Å². The van der Waals surface area contributed by atoms with Crippen LogP contribution in [-0.4, -0.2) is 47.0 Å². The Kier molecular flexibility index (Phi) is 6.42. The number of halogens is 3. The second-order valence-electron chi connectivity index (χ2n) is 7.74. The highest BCUT2D eigenvalue weighted by molar-refractivity contribution is 7.89. The number of hydrogen-bond donors (Lipinski definition) is 0. The second-order valence-corrected chi connectivity index (χ2v) is 9.62. The van der Waals surface area contributed by atoms with Crippen LogP contribution < -0.4 is 4.74 Å². The number of aromatic nitrogens is 3. The summed E-state index contributed by atoms with van der Waals surface area (Å²) in [5.41, 5.74) is -0.944. The maximum absolute atomic E-state index is 13.1. The molecule has 1 aliphatic rings. The Hall–Kier alpha value is -2.14. The van der Waals surface area contributed by atoms with Crippen molar-refractivity contribution >= 4 is 10.0 Å². The van der Waals surface area contributed by atoms with Gasteiger partial charge in [-0.1, -0.05) is 13.8 Å². The van der Waals surface area contributed by atoms with Gasteiger partial charge >= 0.3 is 6.18 Å². The standard InChI is InChI=1S/C19H25F3N4O3S/c1-13(2)17-24-16(11-25(17)3)30(27,28)26-9-5-6-14(10-26)12-29-18-15(19(20,21)22)7-4-8-23-18/h4,7-8,11,13-14H,5-6,9-10,12H2,1-3H3. The van der Waals surface area contributed by atoms with E-state index in [-0.39, 0.29) is 30.0 Å². The van der Waals surface area contributed by atoms with E-state index in [1.165, 1.54) is 22.8 Å². The number of aryl methyl sites for hydroxylation is 1. The number of piperidine rings is 1. The topological polar surface area (TPSA) is 77.3 Å². The Morgan fingerprint density at radius 2 is 2.07 bits per heavy atom. The van der Waals surface area contributed by atoms with Crippen molar-refractivity contribution in [1.29, 1.82) is 0 Å². The SMILES string of the molecule is CC(C)c1nc(S(=O)(=O)N2CCCC(COc3ncccc3C(F)(F)F)C2)cn1C. The van der Waals surface area contributed by atoms with Crippen molar-refractivity contribution in [2.75, 3.05) is 19.7 Å². The molecule has 0 saturated carbocycles. The number of nitrogens with zero attached hydrogens (tertiary/aromatic N) is 4. The number of imidazole rings is 1. The normalized spacial score (nSPS) is 18.7. The fourth-order valence-corrected chi connectivity index (χ4v) is 5.09. The van der Waals surface area contributed by atoms with E-state index in [9.17, 15) is 21.6 Å². The van der Waals surface area contributed by atoms with E-state index in [0.717, 1.165) is 6.07 Å². The van der Waals surface area contributed by atoms with Gasteiger partial charge in [0, 0.05) is 44.4 Å². The van der Waals surface area contributed by atoms with E-state index >= 15 is 0 Å². The van der Waals surface area contributed by atoms with Crippen LogP contribution in [0, 0.1) is 5.92 Å². The van der Waals surface area contributed by atoms with Gasteiger partial charge in [-0.15, -0.1) is 0 Å². The highest BCUT2D eigenvalue weighted by Gasteiger charge is 2.36. The van der Waals surface area contributed by atoms with Crippen molar-refractivity contribution in [3.63, 3.8) is 0 Å². The van der Waals surface area contributed by atoms with Gasteiger partial charge in [0.05, 0.1) is 6.61 Å². The van der Waals surface area contributed by atoms with Gasteiger partial charge in [-0.25, -0.2) is 18.4 Å². The Morgan fingerprint density at radius 1 is 1.33 bits per heavy atom. The molecule has 1 fully saturated rings. The molecule has 1 atom stereocenters. The summed E-state index contributed by atoms with van der Waals surface area (Å²) >= 11 is 0. The smallest absolute Gasteiger partial charge is 0.421 e. The first-order valence-corrected chi connectivity index (χ1v) is 11.1. The molecule has 7 nitrogen and oxygen atoms in total. The van der Waals surface area contributed by atoms with E-state index in [1.807, 2.05) is 13.8 Å². The van der Waals surface area contributed by atoms with Gasteiger partial charge in [0.1, 0.15) is 11.4 Å². The van der Waals surface area contributed by atoms with Crippen LogP contribution in [0.3, 0.4) is 0 Å². The van der Waals surface area contributed by atoms with Crippen LogP contribution in [0.25, 0.3) is 0 Å². The summed E-state index contributed by atoms with van der Waals surface area (Å²) in [7, 11) is -2.04. The molecule has 30 heavy (non-hydrogen) atoms. The summed E-state index contributed by atoms with van der Waals surface area (Å²) < 4.78 is 73.7. The number of sulfonamides is 1. The average Bonchev–Trinajstić information content (AvgIpc) is 3.09. The van der Waals surface area contributed by atoms with E-state index in [4.69, 9.17) is 4.74 Å². The monoisotopic (exact) mass is 446 g/mol. The molecule has 1 unspecified atom stereocenters. The number of ether oxygens (including phenoxy) is 1. The van der Waals surface area contributed by atoms with Gasteiger partial charge in [-0.3, -0.25) is 0 Å². The molecule has 0 aliphatic carbocycles. The average molecular weight is 446 g/mol. The number of pyridine rings is 1. The minimum Gasteiger partial charge on any atom is -0.477 e. The molecule has 2 aromatic rings. The predicted octanol–water partition coefficient (Wildman–Crippen LogP) is 3.44. The van der Waals surface area contributed by atoms with Crippen LogP contribution in [-0.2, 0) is 23.2 Å². The predicted molar refractivity (Wildman–Crippen MR) is 104 cm³/mol. The summed E-state index contributed by atoms with van der Waals surface area (Å²) in [6, 6.07) is 2.11. The molecule has 0 aromatic carbocycles. The zero-order chi connectivity index (χ0) is 22.1. The summed E-state index contributed by atoms with van der Waals surface area (Å²) in [4.78, 5) is 7.97. The second kappa shape index (κ2) is 8.54. The van der Waals surface area contributed by atoms with Crippen LogP contribution in [0.5, 0.6) is 5.88 Å². The lowest BCUT2D eigenvalue weighted by Crippen LogP contribution is -2.41. The zero-order valence-corrected chi connectivity index (χ0v) is 17.9. The van der Waals surface area contributed by atoms with Crippen molar-refractivity contribution in [2.45, 2.75) is 43.8 Å². The van der Waals surface area contributed by atoms with E-state index < -0.39 is 27.6 Å². The Labute approximate surface area is 173 Å². The molecule has 0 N–H and O–H groups in total. The molecule has 0 radical (unpaired) electrons. The van der Waals surface area contributed by atoms with Crippen molar-refractivity contribution in [1.82, 2.24) is 18.8 Å². The lowest BCUT2D eigenvalue weighted by Gasteiger charge is -2.31. The van der Waals surface area contributed by atoms with E-state index in [1.54, 1.807) is 11.6 Å². The van der Waals surface area contributed by atoms with Crippen LogP contribution in [0.4, 0.5) is 13.2 Å². The van der Waals surface area contributed by atoms with E-state index in [0.29, 0.717) is 25.2 Å². The highest BCUT2D eigenvalue weighted by Crippen LogP contribution is 2.35. The molecule has 3 rings (SSSR count). The van der Waals surface area contributed by atoms with Crippen LogP contribution in [0.2, 0.25) is 0 Å². The van der Waals surface area contributed by atoms with Crippen molar-refractivity contribution in [3.05, 3.63) is 35.9 Å². The molecule has 0 spiro atoms. The first kappa shape index (κ1) is 22.5. The largest absolute Gasteiger partial charge is 0.477 e. The molecular formula is C19H25F3N4O3S. The van der Waals surface area contributed by atoms with Crippen LogP contribution in [0.1, 0.15) is 44.0 Å². The Balaban J connectivity index is 1.71. The molecule has 11 heteroatoms. The summed E-state index contributed by atoms with van der Waals surface area (Å²) in [6.45, 7) is 4.30. The Morgan fingerprint density at radius 3 is 2.70 bits per heavy atom. The molecule has 0 amide bonds. The van der Waals surface area contributed by atoms with E-state index in [2.05, 4.69) is 9.97 Å². The quantitative estimate of drug-likeness (QED) is 0.679. The zero-order valence-electron chi connectivity index (χ0n) is 17.1. The highest BCUT2D eigenvalue weighted by atomic mass is 32.2. The third-order valence-electron chi connectivity index (χ3n) is 5.02. The lowest BCUT2D eigenvalue weighted by molar-refractivity contribution is -0.139. The van der Waals surface area contributed by atoms with Gasteiger partial charge < -0.3 is 9.30 Å². The van der Waals surface area contributed by atoms with Crippen LogP contribution >= 0.6 is 0 Å². The molecule has 1 aliphatic heterocycles. The van der Waals surface area contributed by atoms with Crippen molar-refractivity contribution in [2.24, 2.45) is 13.0 Å². The third-order valence-corrected chi connectivity index (χ3v) is 6.76. The fraction of sp³-hybridized carbons (Fsp3) is 0.579. The molecule has 1 saturated heterocycles. The molecule has 2 aromatic heterocycles.